The topological polar surface area (TPSA) is 92.3 Å². The maximum atomic E-state index is 4.72. The van der Waals surface area contributed by atoms with Crippen molar-refractivity contribution in [2.24, 2.45) is 0 Å². The van der Waals surface area contributed by atoms with Crippen molar-refractivity contribution in [2.75, 3.05) is 5.32 Å². The van der Waals surface area contributed by atoms with E-state index in [1.165, 1.54) is 5.56 Å². The smallest absolute Gasteiger partial charge is 0.247 e. The standard InChI is InChI=1S/C17H14IN7/c1-10-20-17(25-24-10)23-16-13-7-4-8-19-14(13)21-15(22-16)12-6-3-2-5-11(12)9-18/h2-8H,9H2,1H3,(H2,19,20,21,22,23,24,25). The van der Waals surface area contributed by atoms with Gasteiger partial charge in [-0.1, -0.05) is 46.9 Å². The molecule has 4 rings (SSSR count). The molecule has 0 aliphatic heterocycles. The van der Waals surface area contributed by atoms with E-state index in [4.69, 9.17) is 4.98 Å². The van der Waals surface area contributed by atoms with Gasteiger partial charge in [-0.25, -0.2) is 15.0 Å². The van der Waals surface area contributed by atoms with Crippen LogP contribution in [0.2, 0.25) is 0 Å². The van der Waals surface area contributed by atoms with E-state index >= 15 is 0 Å². The Kier molecular flexibility index (Phi) is 4.26. The van der Waals surface area contributed by atoms with Crippen LogP contribution in [0.4, 0.5) is 11.8 Å². The van der Waals surface area contributed by atoms with Crippen LogP contribution in [-0.4, -0.2) is 30.1 Å². The lowest BCUT2D eigenvalue weighted by molar-refractivity contribution is 1.04. The molecule has 0 saturated carbocycles. The van der Waals surface area contributed by atoms with Gasteiger partial charge in [0.15, 0.2) is 11.5 Å². The Bertz CT molecular complexity index is 1040. The van der Waals surface area contributed by atoms with E-state index in [0.717, 1.165) is 21.2 Å². The fraction of sp³-hybridized carbons (Fsp3) is 0.118. The maximum Gasteiger partial charge on any atom is 0.247 e. The number of hydrogen-bond donors (Lipinski definition) is 2. The lowest BCUT2D eigenvalue weighted by Gasteiger charge is -2.10. The van der Waals surface area contributed by atoms with E-state index in [1.54, 1.807) is 6.20 Å². The first kappa shape index (κ1) is 15.9. The summed E-state index contributed by atoms with van der Waals surface area (Å²) in [6.45, 7) is 1.85. The second kappa shape index (κ2) is 6.71. The largest absolute Gasteiger partial charge is 0.307 e. The van der Waals surface area contributed by atoms with E-state index in [9.17, 15) is 0 Å². The molecule has 2 N–H and O–H groups in total. The summed E-state index contributed by atoms with van der Waals surface area (Å²) in [5, 5.41) is 10.9. The van der Waals surface area contributed by atoms with Gasteiger partial charge in [-0.15, -0.1) is 5.10 Å². The zero-order chi connectivity index (χ0) is 17.2. The number of nitrogens with one attached hydrogen (secondary N) is 2. The molecule has 0 aliphatic carbocycles. The molecule has 0 spiro atoms. The Balaban J connectivity index is 1.89. The average Bonchev–Trinajstić information content (AvgIpc) is 3.06. The predicted octanol–water partition coefficient (Wildman–Crippen LogP) is 3.80. The van der Waals surface area contributed by atoms with Crippen molar-refractivity contribution in [3.8, 4) is 11.4 Å². The molecule has 25 heavy (non-hydrogen) atoms. The van der Waals surface area contributed by atoms with Crippen LogP contribution in [0.5, 0.6) is 0 Å². The van der Waals surface area contributed by atoms with E-state index in [2.05, 4.69) is 59.1 Å². The Labute approximate surface area is 157 Å². The molecule has 7 nitrogen and oxygen atoms in total. The van der Waals surface area contributed by atoms with Gasteiger partial charge >= 0.3 is 0 Å². The van der Waals surface area contributed by atoms with Crippen LogP contribution in [0.15, 0.2) is 42.6 Å². The van der Waals surface area contributed by atoms with Crippen molar-refractivity contribution < 1.29 is 0 Å². The highest BCUT2D eigenvalue weighted by Crippen LogP contribution is 2.28. The molecule has 0 saturated heterocycles. The number of rotatable bonds is 4. The first-order valence-electron chi connectivity index (χ1n) is 7.67. The predicted molar refractivity (Wildman–Crippen MR) is 105 cm³/mol. The summed E-state index contributed by atoms with van der Waals surface area (Å²) in [4.78, 5) is 18.1. The monoisotopic (exact) mass is 443 g/mol. The summed E-state index contributed by atoms with van der Waals surface area (Å²) < 4.78 is 0.875. The first-order chi connectivity index (χ1) is 12.2. The van der Waals surface area contributed by atoms with Crippen LogP contribution in [0.3, 0.4) is 0 Å². The van der Waals surface area contributed by atoms with E-state index in [1.807, 2.05) is 37.3 Å². The van der Waals surface area contributed by atoms with Crippen LogP contribution >= 0.6 is 22.6 Å². The second-order valence-electron chi connectivity index (χ2n) is 5.43. The van der Waals surface area contributed by atoms with Gasteiger partial charge in [0.25, 0.3) is 0 Å². The van der Waals surface area contributed by atoms with Crippen molar-refractivity contribution in [2.45, 2.75) is 11.4 Å². The lowest BCUT2D eigenvalue weighted by atomic mass is 10.1. The van der Waals surface area contributed by atoms with E-state index in [-0.39, 0.29) is 0 Å². The summed E-state index contributed by atoms with van der Waals surface area (Å²) in [5.74, 6) is 2.47. The lowest BCUT2D eigenvalue weighted by Crippen LogP contribution is -2.02. The quantitative estimate of drug-likeness (QED) is 0.368. The molecule has 4 aromatic rings. The molecule has 0 unspecified atom stereocenters. The van der Waals surface area contributed by atoms with Gasteiger partial charge in [0.05, 0.1) is 5.39 Å². The first-order valence-corrected chi connectivity index (χ1v) is 9.20. The minimum atomic E-state index is 0.467. The zero-order valence-corrected chi connectivity index (χ0v) is 15.5. The molecule has 0 aliphatic rings. The number of H-pyrrole nitrogens is 1. The number of halogens is 1. The van der Waals surface area contributed by atoms with Gasteiger partial charge in [0.2, 0.25) is 5.95 Å². The molecular weight excluding hydrogens is 429 g/mol. The number of aryl methyl sites for hydroxylation is 1. The molecule has 0 fully saturated rings. The van der Waals surface area contributed by atoms with Crippen molar-refractivity contribution in [1.29, 1.82) is 0 Å². The Morgan fingerprint density at radius 3 is 2.76 bits per heavy atom. The summed E-state index contributed by atoms with van der Waals surface area (Å²) in [6.07, 6.45) is 1.73. The number of alkyl halides is 1. The molecule has 0 amide bonds. The summed E-state index contributed by atoms with van der Waals surface area (Å²) in [5.41, 5.74) is 2.81. The molecule has 0 bridgehead atoms. The number of pyridine rings is 1. The van der Waals surface area contributed by atoms with Crippen LogP contribution in [0, 0.1) is 6.92 Å². The van der Waals surface area contributed by atoms with Crippen molar-refractivity contribution in [3.63, 3.8) is 0 Å². The Morgan fingerprint density at radius 2 is 1.96 bits per heavy atom. The van der Waals surface area contributed by atoms with Crippen molar-refractivity contribution in [1.82, 2.24) is 30.1 Å². The number of nitrogens with zero attached hydrogens (tertiary/aromatic N) is 5. The molecule has 8 heteroatoms. The number of anilines is 2. The number of hydrogen-bond acceptors (Lipinski definition) is 6. The van der Waals surface area contributed by atoms with Gasteiger partial charge in [-0.2, -0.15) is 4.98 Å². The van der Waals surface area contributed by atoms with Gasteiger partial charge < -0.3 is 5.32 Å². The highest BCUT2D eigenvalue weighted by Gasteiger charge is 2.13. The molecule has 3 heterocycles. The van der Waals surface area contributed by atoms with Crippen LogP contribution in [-0.2, 0) is 4.43 Å². The van der Waals surface area contributed by atoms with Gasteiger partial charge in [-0.05, 0) is 24.6 Å². The fourth-order valence-electron chi connectivity index (χ4n) is 2.54. The average molecular weight is 443 g/mol. The highest BCUT2D eigenvalue weighted by atomic mass is 127. The summed E-state index contributed by atoms with van der Waals surface area (Å²) in [6, 6.07) is 11.9. The van der Waals surface area contributed by atoms with E-state index in [0.29, 0.717) is 23.2 Å². The highest BCUT2D eigenvalue weighted by molar-refractivity contribution is 14.1. The van der Waals surface area contributed by atoms with Gasteiger partial charge in [0.1, 0.15) is 11.6 Å². The van der Waals surface area contributed by atoms with Crippen LogP contribution in [0.25, 0.3) is 22.4 Å². The number of benzene rings is 1. The van der Waals surface area contributed by atoms with Crippen LogP contribution in [0.1, 0.15) is 11.4 Å². The third kappa shape index (κ3) is 3.16. The van der Waals surface area contributed by atoms with Gasteiger partial charge in [-0.3, -0.25) is 5.10 Å². The zero-order valence-electron chi connectivity index (χ0n) is 13.4. The third-order valence-corrected chi connectivity index (χ3v) is 4.52. The molecular formula is C17H14IN7. The minimum absolute atomic E-state index is 0.467. The fourth-order valence-corrected chi connectivity index (χ4v) is 3.20. The normalized spacial score (nSPS) is 11.0. The summed E-state index contributed by atoms with van der Waals surface area (Å²) in [7, 11) is 0. The van der Waals surface area contributed by atoms with Gasteiger partial charge in [0, 0.05) is 16.2 Å². The maximum absolute atomic E-state index is 4.72. The number of aromatic amines is 1. The molecule has 3 aromatic heterocycles. The molecule has 124 valence electrons. The molecule has 0 atom stereocenters. The Morgan fingerprint density at radius 1 is 1.08 bits per heavy atom. The minimum Gasteiger partial charge on any atom is -0.307 e. The SMILES string of the molecule is Cc1nc(Nc2nc(-c3ccccc3CI)nc3ncccc23)n[nH]1. The number of fused-ring (bicyclic) bond motifs is 1. The summed E-state index contributed by atoms with van der Waals surface area (Å²) >= 11 is 2.34. The van der Waals surface area contributed by atoms with Crippen molar-refractivity contribution >= 4 is 45.4 Å². The van der Waals surface area contributed by atoms with E-state index < -0.39 is 0 Å². The van der Waals surface area contributed by atoms with Crippen LogP contribution < -0.4 is 5.32 Å². The second-order valence-corrected chi connectivity index (χ2v) is 6.19. The third-order valence-electron chi connectivity index (χ3n) is 3.70. The molecule has 0 radical (unpaired) electrons. The number of aromatic nitrogens is 6. The van der Waals surface area contributed by atoms with Crippen molar-refractivity contribution in [3.05, 3.63) is 54.0 Å². The Hall–Kier alpha value is -2.62. The molecule has 1 aromatic carbocycles.